The van der Waals surface area contributed by atoms with Crippen molar-refractivity contribution in [1.29, 1.82) is 0 Å². The third kappa shape index (κ3) is 5.07. The molecular weight excluding hydrogens is 214 g/mol. The lowest BCUT2D eigenvalue weighted by atomic mass is 10.0. The summed E-state index contributed by atoms with van der Waals surface area (Å²) in [7, 11) is 0. The largest absolute Gasteiger partial charge is 0.465 e. The van der Waals surface area contributed by atoms with Gasteiger partial charge in [0.05, 0.1) is 6.61 Å². The predicted molar refractivity (Wildman–Crippen MR) is 69.9 cm³/mol. The molecule has 1 unspecified atom stereocenters. The zero-order valence-corrected chi connectivity index (χ0v) is 11.5. The molecule has 0 heterocycles. The summed E-state index contributed by atoms with van der Waals surface area (Å²) < 4.78 is 5.14. The Morgan fingerprint density at radius 3 is 2.29 bits per heavy atom. The second-order valence-electron chi connectivity index (χ2n) is 5.33. The highest BCUT2D eigenvalue weighted by Crippen LogP contribution is 2.19. The van der Waals surface area contributed by atoms with Crippen LogP contribution in [0.25, 0.3) is 0 Å². The van der Waals surface area contributed by atoms with Gasteiger partial charge in [0.2, 0.25) is 0 Å². The maximum atomic E-state index is 11.9. The molecule has 0 radical (unpaired) electrons. The summed E-state index contributed by atoms with van der Waals surface area (Å²) >= 11 is 0. The predicted octanol–water partition coefficient (Wildman–Crippen LogP) is 2.89. The Hall–Kier alpha value is -0.570. The van der Waals surface area contributed by atoms with Crippen molar-refractivity contribution in [1.82, 2.24) is 5.32 Å². The highest BCUT2D eigenvalue weighted by molar-refractivity contribution is 5.76. The molecule has 0 bridgehead atoms. The zero-order valence-electron chi connectivity index (χ0n) is 11.5. The second-order valence-corrected chi connectivity index (χ2v) is 5.33. The number of ether oxygens (including phenoxy) is 1. The Balaban J connectivity index is 2.49. The van der Waals surface area contributed by atoms with Crippen LogP contribution in [0.2, 0.25) is 0 Å². The highest BCUT2D eigenvalue weighted by atomic mass is 16.5. The first-order valence-corrected chi connectivity index (χ1v) is 7.07. The summed E-state index contributed by atoms with van der Waals surface area (Å²) in [6, 6.07) is 0.354. The first-order valence-electron chi connectivity index (χ1n) is 7.07. The van der Waals surface area contributed by atoms with E-state index < -0.39 is 0 Å². The molecule has 3 heteroatoms. The molecule has 0 aromatic carbocycles. The normalized spacial score (nSPS) is 20.0. The van der Waals surface area contributed by atoms with Crippen LogP contribution in [-0.2, 0) is 9.53 Å². The van der Waals surface area contributed by atoms with E-state index in [9.17, 15) is 4.79 Å². The van der Waals surface area contributed by atoms with Crippen molar-refractivity contribution in [3.05, 3.63) is 0 Å². The number of hydrogen-bond donors (Lipinski definition) is 1. The van der Waals surface area contributed by atoms with Gasteiger partial charge in [-0.2, -0.15) is 0 Å². The van der Waals surface area contributed by atoms with Crippen LogP contribution in [0.4, 0.5) is 0 Å². The average Bonchev–Trinajstić information content (AvgIpc) is 2.54. The van der Waals surface area contributed by atoms with Crippen molar-refractivity contribution in [2.75, 3.05) is 6.61 Å². The van der Waals surface area contributed by atoms with E-state index in [2.05, 4.69) is 19.2 Å². The number of esters is 1. The summed E-state index contributed by atoms with van der Waals surface area (Å²) in [4.78, 5) is 11.9. The van der Waals surface area contributed by atoms with Gasteiger partial charge in [-0.05, 0) is 25.7 Å². The fraction of sp³-hybridized carbons (Fsp3) is 0.929. The van der Waals surface area contributed by atoms with Crippen molar-refractivity contribution in [3.8, 4) is 0 Å². The number of nitrogens with one attached hydrogen (secondary N) is 1. The molecule has 0 aromatic heterocycles. The summed E-state index contributed by atoms with van der Waals surface area (Å²) in [6.07, 6.45) is 7.63. The molecular formula is C14H27NO2. The lowest BCUT2D eigenvalue weighted by Crippen LogP contribution is -2.47. The van der Waals surface area contributed by atoms with Gasteiger partial charge in [0, 0.05) is 6.04 Å². The van der Waals surface area contributed by atoms with E-state index in [1.807, 2.05) is 6.92 Å². The van der Waals surface area contributed by atoms with Crippen LogP contribution in [0.1, 0.15) is 59.3 Å². The molecule has 1 atom stereocenters. The van der Waals surface area contributed by atoms with Crippen molar-refractivity contribution in [2.24, 2.45) is 5.92 Å². The van der Waals surface area contributed by atoms with Gasteiger partial charge < -0.3 is 10.1 Å². The summed E-state index contributed by atoms with van der Waals surface area (Å²) in [5.41, 5.74) is 0. The molecule has 17 heavy (non-hydrogen) atoms. The smallest absolute Gasteiger partial charge is 0.323 e. The van der Waals surface area contributed by atoms with Crippen LogP contribution in [0.3, 0.4) is 0 Å². The molecule has 1 aliphatic carbocycles. The van der Waals surface area contributed by atoms with E-state index in [4.69, 9.17) is 4.74 Å². The minimum atomic E-state index is -0.141. The van der Waals surface area contributed by atoms with Crippen LogP contribution < -0.4 is 5.32 Å². The third-order valence-corrected chi connectivity index (χ3v) is 3.48. The quantitative estimate of drug-likeness (QED) is 0.594. The molecule has 0 aromatic rings. The van der Waals surface area contributed by atoms with Crippen LogP contribution in [0.15, 0.2) is 0 Å². The minimum absolute atomic E-state index is 0.0910. The van der Waals surface area contributed by atoms with E-state index in [-0.39, 0.29) is 17.9 Å². The Morgan fingerprint density at radius 1 is 1.24 bits per heavy atom. The van der Waals surface area contributed by atoms with Crippen LogP contribution in [-0.4, -0.2) is 24.7 Å². The van der Waals surface area contributed by atoms with Crippen LogP contribution in [0.5, 0.6) is 0 Å². The van der Waals surface area contributed by atoms with Gasteiger partial charge in [-0.3, -0.25) is 4.79 Å². The highest BCUT2D eigenvalue weighted by Gasteiger charge is 2.26. The molecule has 3 nitrogen and oxygen atoms in total. The molecule has 0 aliphatic heterocycles. The number of carbonyl (C=O) groups is 1. The lowest BCUT2D eigenvalue weighted by Gasteiger charge is -2.26. The fourth-order valence-electron chi connectivity index (χ4n) is 2.46. The summed E-state index contributed by atoms with van der Waals surface area (Å²) in [5.74, 6) is 0.198. The fourth-order valence-corrected chi connectivity index (χ4v) is 2.46. The van der Waals surface area contributed by atoms with E-state index in [0.29, 0.717) is 12.6 Å². The minimum Gasteiger partial charge on any atom is -0.465 e. The van der Waals surface area contributed by atoms with Gasteiger partial charge in [-0.1, -0.05) is 39.5 Å². The van der Waals surface area contributed by atoms with Gasteiger partial charge >= 0.3 is 5.97 Å². The monoisotopic (exact) mass is 241 g/mol. The first-order chi connectivity index (χ1) is 8.15. The number of rotatable bonds is 5. The molecule has 1 rings (SSSR count). The summed E-state index contributed by atoms with van der Waals surface area (Å²) in [5, 5.41) is 3.51. The van der Waals surface area contributed by atoms with Gasteiger partial charge in [0.25, 0.3) is 0 Å². The average molecular weight is 241 g/mol. The zero-order chi connectivity index (χ0) is 12.7. The Morgan fingerprint density at radius 2 is 1.82 bits per heavy atom. The molecule has 1 aliphatic rings. The van der Waals surface area contributed by atoms with E-state index in [0.717, 1.165) is 0 Å². The topological polar surface area (TPSA) is 38.3 Å². The van der Waals surface area contributed by atoms with E-state index in [1.54, 1.807) is 0 Å². The maximum Gasteiger partial charge on any atom is 0.323 e. The van der Waals surface area contributed by atoms with E-state index >= 15 is 0 Å². The molecule has 1 saturated carbocycles. The molecule has 0 amide bonds. The van der Waals surface area contributed by atoms with E-state index in [1.165, 1.54) is 38.5 Å². The van der Waals surface area contributed by atoms with Crippen molar-refractivity contribution in [3.63, 3.8) is 0 Å². The van der Waals surface area contributed by atoms with Crippen molar-refractivity contribution in [2.45, 2.75) is 71.4 Å². The molecule has 1 N–H and O–H groups in total. The van der Waals surface area contributed by atoms with Crippen molar-refractivity contribution >= 4 is 5.97 Å². The number of carbonyl (C=O) groups excluding carboxylic acids is 1. The van der Waals surface area contributed by atoms with Gasteiger partial charge in [-0.15, -0.1) is 0 Å². The van der Waals surface area contributed by atoms with Crippen LogP contribution in [0, 0.1) is 5.92 Å². The lowest BCUT2D eigenvalue weighted by molar-refractivity contribution is -0.147. The maximum absolute atomic E-state index is 11.9. The SMILES string of the molecule is CCOC(=O)C(NC1CCCCCC1)C(C)C. The third-order valence-electron chi connectivity index (χ3n) is 3.48. The van der Waals surface area contributed by atoms with Crippen molar-refractivity contribution < 1.29 is 9.53 Å². The van der Waals surface area contributed by atoms with Gasteiger partial charge in [0.1, 0.15) is 6.04 Å². The summed E-state index contributed by atoms with van der Waals surface area (Å²) in [6.45, 7) is 6.48. The first kappa shape index (κ1) is 14.5. The Kier molecular flexibility index (Phi) is 6.56. The Bertz CT molecular complexity index is 220. The molecule has 1 fully saturated rings. The molecule has 100 valence electrons. The number of hydrogen-bond acceptors (Lipinski definition) is 3. The second kappa shape index (κ2) is 7.70. The Labute approximate surface area is 105 Å². The molecule has 0 spiro atoms. The van der Waals surface area contributed by atoms with Gasteiger partial charge in [0.15, 0.2) is 0 Å². The molecule has 0 saturated heterocycles. The standard InChI is InChI=1S/C14H27NO2/c1-4-17-14(16)13(11(2)3)15-12-9-7-5-6-8-10-12/h11-13,15H,4-10H2,1-3H3. The van der Waals surface area contributed by atoms with Gasteiger partial charge in [-0.25, -0.2) is 0 Å². The van der Waals surface area contributed by atoms with Crippen LogP contribution >= 0.6 is 0 Å².